The highest BCUT2D eigenvalue weighted by Crippen LogP contribution is 2.39. The summed E-state index contributed by atoms with van der Waals surface area (Å²) in [5.41, 5.74) is 0.0778. The number of pyridine rings is 1. The van der Waals surface area contributed by atoms with Gasteiger partial charge in [0.15, 0.2) is 11.0 Å². The second-order valence-corrected chi connectivity index (χ2v) is 8.08. The van der Waals surface area contributed by atoms with Crippen molar-refractivity contribution in [3.05, 3.63) is 28.0 Å². The number of hydrogen-bond acceptors (Lipinski definition) is 7. The summed E-state index contributed by atoms with van der Waals surface area (Å²) in [5, 5.41) is 3.07. The first-order chi connectivity index (χ1) is 13.5. The van der Waals surface area contributed by atoms with Crippen LogP contribution in [-0.4, -0.2) is 52.2 Å². The molecule has 0 aliphatic carbocycles. The number of aromatic nitrogens is 3. The van der Waals surface area contributed by atoms with Gasteiger partial charge in [0.25, 0.3) is 0 Å². The highest BCUT2D eigenvalue weighted by atomic mass is 79.9. The minimum Gasteiger partial charge on any atom is -0.503 e. The second-order valence-electron chi connectivity index (χ2n) is 6.98. The fraction of sp³-hybridized carbons (Fsp3) is 0.500. The normalized spacial score (nSPS) is 18.7. The smallest absolute Gasteiger partial charge is 0.319 e. The first kappa shape index (κ1) is 19.6. The van der Waals surface area contributed by atoms with E-state index in [2.05, 4.69) is 41.1 Å². The van der Waals surface area contributed by atoms with Gasteiger partial charge in [0.1, 0.15) is 22.5 Å². The van der Waals surface area contributed by atoms with Crippen molar-refractivity contribution in [3.8, 4) is 6.01 Å². The molecule has 4 heterocycles. The number of anilines is 1. The molecule has 0 amide bonds. The van der Waals surface area contributed by atoms with Gasteiger partial charge < -0.3 is 14.8 Å². The number of methoxy groups -OCH3 is 1. The maximum Gasteiger partial charge on any atom is 0.319 e. The highest BCUT2D eigenvalue weighted by Gasteiger charge is 2.45. The Hall–Kier alpha value is -1.71. The number of nitrogens with one attached hydrogen (secondary N) is 1. The fourth-order valence-electron chi connectivity index (χ4n) is 4.09. The number of halogens is 3. The van der Waals surface area contributed by atoms with Crippen LogP contribution in [0.1, 0.15) is 25.7 Å². The van der Waals surface area contributed by atoms with E-state index >= 15 is 0 Å². The van der Waals surface area contributed by atoms with Crippen LogP contribution in [-0.2, 0) is 4.74 Å². The summed E-state index contributed by atoms with van der Waals surface area (Å²) in [4.78, 5) is 15.1. The average Bonchev–Trinajstić information content (AvgIpc) is 3.24. The molecule has 0 bridgehead atoms. The third-order valence-corrected chi connectivity index (χ3v) is 6.21. The fourth-order valence-corrected chi connectivity index (χ4v) is 4.92. The standard InChI is InChI=1S/C18H20BrClFN5O2/c1-27-9-6-22-16-11-13(12(21)15(20)24-14(11)19)23-17(25-16)28-10-18-4-2-7-26(18)8-3-5-18/h6,9H,2-5,7-8,10H2,1H3,(H,22,23,25)/b9-6+. The number of fused-ring (bicyclic) bond motifs is 2. The Morgan fingerprint density at radius 1 is 1.29 bits per heavy atom. The van der Waals surface area contributed by atoms with Gasteiger partial charge in [-0.15, -0.1) is 0 Å². The van der Waals surface area contributed by atoms with Gasteiger partial charge in [-0.1, -0.05) is 11.6 Å². The van der Waals surface area contributed by atoms with E-state index in [1.165, 1.54) is 26.2 Å². The van der Waals surface area contributed by atoms with Crippen LogP contribution in [0.2, 0.25) is 5.15 Å². The van der Waals surface area contributed by atoms with Crippen LogP contribution >= 0.6 is 27.5 Å². The van der Waals surface area contributed by atoms with Crippen LogP contribution in [0.15, 0.2) is 17.1 Å². The minimum atomic E-state index is -0.715. The maximum absolute atomic E-state index is 14.6. The highest BCUT2D eigenvalue weighted by molar-refractivity contribution is 9.10. The average molecular weight is 473 g/mol. The van der Waals surface area contributed by atoms with E-state index in [1.807, 2.05) is 0 Å². The number of nitrogens with zero attached hydrogens (tertiary/aromatic N) is 4. The molecule has 0 spiro atoms. The molecule has 2 aromatic heterocycles. The van der Waals surface area contributed by atoms with Crippen LogP contribution in [0.3, 0.4) is 0 Å². The van der Waals surface area contributed by atoms with Gasteiger partial charge in [-0.25, -0.2) is 9.37 Å². The van der Waals surface area contributed by atoms with Gasteiger partial charge in [0.2, 0.25) is 0 Å². The lowest BCUT2D eigenvalue weighted by atomic mass is 9.95. The summed E-state index contributed by atoms with van der Waals surface area (Å²) in [6.07, 6.45) is 7.50. The van der Waals surface area contributed by atoms with E-state index in [9.17, 15) is 4.39 Å². The van der Waals surface area contributed by atoms with Crippen LogP contribution in [0.25, 0.3) is 10.9 Å². The molecule has 150 valence electrons. The molecule has 28 heavy (non-hydrogen) atoms. The van der Waals surface area contributed by atoms with Crippen LogP contribution in [0, 0.1) is 5.82 Å². The van der Waals surface area contributed by atoms with Crippen molar-refractivity contribution in [2.45, 2.75) is 31.2 Å². The Balaban J connectivity index is 1.70. The third-order valence-electron chi connectivity index (χ3n) is 5.39. The van der Waals surface area contributed by atoms with Gasteiger partial charge in [-0.05, 0) is 54.7 Å². The molecule has 0 radical (unpaired) electrons. The lowest BCUT2D eigenvalue weighted by Gasteiger charge is -2.31. The van der Waals surface area contributed by atoms with Crippen molar-refractivity contribution >= 4 is 44.3 Å². The minimum absolute atomic E-state index is 0.0386. The molecule has 2 fully saturated rings. The van der Waals surface area contributed by atoms with E-state index in [4.69, 9.17) is 21.1 Å². The van der Waals surface area contributed by atoms with Gasteiger partial charge in [-0.2, -0.15) is 9.97 Å². The van der Waals surface area contributed by atoms with Gasteiger partial charge in [0.05, 0.1) is 24.3 Å². The number of hydrogen-bond donors (Lipinski definition) is 1. The Kier molecular flexibility index (Phi) is 5.57. The zero-order valence-corrected chi connectivity index (χ0v) is 17.7. The summed E-state index contributed by atoms with van der Waals surface area (Å²) in [6, 6.07) is 0.0991. The number of ether oxygens (including phenoxy) is 2. The lowest BCUT2D eigenvalue weighted by molar-refractivity contribution is 0.108. The van der Waals surface area contributed by atoms with Crippen LogP contribution in [0.5, 0.6) is 6.01 Å². The molecule has 1 N–H and O–H groups in total. The SMILES string of the molecule is CO/C=C/Nc1nc(OCC23CCCN2CCC3)nc2c(F)c(Cl)nc(Br)c12. The van der Waals surface area contributed by atoms with Crippen LogP contribution in [0.4, 0.5) is 10.2 Å². The van der Waals surface area contributed by atoms with E-state index in [1.54, 1.807) is 6.20 Å². The zero-order valence-electron chi connectivity index (χ0n) is 15.3. The summed E-state index contributed by atoms with van der Waals surface area (Å²) >= 11 is 9.21. The Labute approximate surface area is 175 Å². The molecule has 0 atom stereocenters. The molecule has 0 saturated carbocycles. The maximum atomic E-state index is 14.6. The number of rotatable bonds is 6. The largest absolute Gasteiger partial charge is 0.503 e. The molecular weight excluding hydrogens is 453 g/mol. The summed E-state index contributed by atoms with van der Waals surface area (Å²) in [6.45, 7) is 2.67. The van der Waals surface area contributed by atoms with E-state index in [-0.39, 0.29) is 22.2 Å². The monoisotopic (exact) mass is 471 g/mol. The van der Waals surface area contributed by atoms with Crippen molar-refractivity contribution < 1.29 is 13.9 Å². The first-order valence-corrected chi connectivity index (χ1v) is 10.3. The van der Waals surface area contributed by atoms with Gasteiger partial charge in [-0.3, -0.25) is 4.90 Å². The second kappa shape index (κ2) is 7.96. The Bertz CT molecular complexity index is 919. The molecule has 2 saturated heterocycles. The lowest BCUT2D eigenvalue weighted by Crippen LogP contribution is -2.43. The topological polar surface area (TPSA) is 72.4 Å². The molecule has 2 aliphatic heterocycles. The van der Waals surface area contributed by atoms with E-state index in [0.29, 0.717) is 22.4 Å². The summed E-state index contributed by atoms with van der Waals surface area (Å²) < 4.78 is 25.9. The molecule has 0 unspecified atom stereocenters. The first-order valence-electron chi connectivity index (χ1n) is 9.08. The van der Waals surface area contributed by atoms with Crippen molar-refractivity contribution in [1.82, 2.24) is 19.9 Å². The van der Waals surface area contributed by atoms with Crippen molar-refractivity contribution in [3.63, 3.8) is 0 Å². The molecular formula is C18H20BrClFN5O2. The van der Waals surface area contributed by atoms with E-state index < -0.39 is 5.82 Å². The van der Waals surface area contributed by atoms with Crippen molar-refractivity contribution in [2.24, 2.45) is 0 Å². The molecule has 10 heteroatoms. The van der Waals surface area contributed by atoms with Gasteiger partial charge in [0, 0.05) is 6.20 Å². The summed E-state index contributed by atoms with van der Waals surface area (Å²) in [7, 11) is 1.52. The molecule has 2 aliphatic rings. The van der Waals surface area contributed by atoms with Crippen molar-refractivity contribution in [1.29, 1.82) is 0 Å². The Morgan fingerprint density at radius 2 is 2.04 bits per heavy atom. The molecule has 4 rings (SSSR count). The van der Waals surface area contributed by atoms with Crippen molar-refractivity contribution in [2.75, 3.05) is 32.1 Å². The van der Waals surface area contributed by atoms with Gasteiger partial charge >= 0.3 is 6.01 Å². The Morgan fingerprint density at radius 3 is 2.75 bits per heavy atom. The zero-order chi connectivity index (χ0) is 19.7. The third kappa shape index (κ3) is 3.51. The molecule has 0 aromatic carbocycles. The van der Waals surface area contributed by atoms with Crippen LogP contribution < -0.4 is 10.1 Å². The van der Waals surface area contributed by atoms with E-state index in [0.717, 1.165) is 25.9 Å². The predicted octanol–water partition coefficient (Wildman–Crippen LogP) is 4.12. The molecule has 2 aromatic rings. The predicted molar refractivity (Wildman–Crippen MR) is 108 cm³/mol. The summed E-state index contributed by atoms with van der Waals surface area (Å²) in [5.74, 6) is -0.372. The quantitative estimate of drug-likeness (QED) is 0.501. The molecule has 7 nitrogen and oxygen atoms in total.